The largest absolute Gasteiger partial charge is 0.393 e. The number of rotatable bonds is 1. The SMILES string of the molecule is Cc1csc(C2(N)CC(O)C2)c1. The maximum atomic E-state index is 9.18. The molecule has 1 aromatic heterocycles. The van der Waals surface area contributed by atoms with Gasteiger partial charge >= 0.3 is 0 Å². The van der Waals surface area contributed by atoms with Crippen molar-refractivity contribution >= 4 is 11.3 Å². The number of hydrogen-bond acceptors (Lipinski definition) is 3. The number of aliphatic hydroxyl groups excluding tert-OH is 1. The Morgan fingerprint density at radius 2 is 2.33 bits per heavy atom. The summed E-state index contributed by atoms with van der Waals surface area (Å²) in [5.41, 5.74) is 7.12. The predicted octanol–water partition coefficient (Wildman–Crippen LogP) is 1.37. The highest BCUT2D eigenvalue weighted by atomic mass is 32.1. The van der Waals surface area contributed by atoms with Gasteiger partial charge in [-0.3, -0.25) is 0 Å². The van der Waals surface area contributed by atoms with Gasteiger partial charge in [-0.2, -0.15) is 0 Å². The van der Waals surface area contributed by atoms with Gasteiger partial charge in [0.15, 0.2) is 0 Å². The van der Waals surface area contributed by atoms with Gasteiger partial charge in [0.25, 0.3) is 0 Å². The summed E-state index contributed by atoms with van der Waals surface area (Å²) in [5, 5.41) is 11.3. The second kappa shape index (κ2) is 2.55. The van der Waals surface area contributed by atoms with Gasteiger partial charge in [0.1, 0.15) is 0 Å². The van der Waals surface area contributed by atoms with E-state index in [-0.39, 0.29) is 11.6 Å². The molecule has 1 aliphatic carbocycles. The Bertz CT molecular complexity index is 288. The molecule has 1 aromatic rings. The quantitative estimate of drug-likeness (QED) is 0.690. The van der Waals surface area contributed by atoms with E-state index in [1.54, 1.807) is 11.3 Å². The maximum Gasteiger partial charge on any atom is 0.0582 e. The predicted molar refractivity (Wildman–Crippen MR) is 50.2 cm³/mol. The third-order valence-corrected chi connectivity index (χ3v) is 3.69. The van der Waals surface area contributed by atoms with Gasteiger partial charge < -0.3 is 10.8 Å². The van der Waals surface area contributed by atoms with Gasteiger partial charge in [0, 0.05) is 4.88 Å². The molecule has 0 saturated heterocycles. The van der Waals surface area contributed by atoms with E-state index >= 15 is 0 Å². The standard InChI is InChI=1S/C9H13NOS/c1-6-2-8(12-5-6)9(10)3-7(11)4-9/h2,5,7,11H,3-4,10H2,1H3. The van der Waals surface area contributed by atoms with Gasteiger partial charge in [0.05, 0.1) is 11.6 Å². The van der Waals surface area contributed by atoms with Crippen molar-refractivity contribution in [2.45, 2.75) is 31.4 Å². The van der Waals surface area contributed by atoms with E-state index in [4.69, 9.17) is 5.73 Å². The number of nitrogens with two attached hydrogens (primary N) is 1. The van der Waals surface area contributed by atoms with Crippen LogP contribution in [0.2, 0.25) is 0 Å². The van der Waals surface area contributed by atoms with E-state index in [2.05, 4.69) is 18.4 Å². The van der Waals surface area contributed by atoms with Crippen LogP contribution in [-0.4, -0.2) is 11.2 Å². The van der Waals surface area contributed by atoms with E-state index in [9.17, 15) is 5.11 Å². The molecular weight excluding hydrogens is 170 g/mol. The van der Waals surface area contributed by atoms with Crippen molar-refractivity contribution in [2.75, 3.05) is 0 Å². The van der Waals surface area contributed by atoms with Crippen molar-refractivity contribution in [1.82, 2.24) is 0 Å². The molecule has 0 spiro atoms. The third kappa shape index (κ3) is 1.18. The minimum Gasteiger partial charge on any atom is -0.393 e. The molecule has 0 atom stereocenters. The van der Waals surface area contributed by atoms with Crippen LogP contribution in [0.25, 0.3) is 0 Å². The fourth-order valence-corrected chi connectivity index (χ4v) is 2.71. The van der Waals surface area contributed by atoms with Gasteiger partial charge in [-0.15, -0.1) is 11.3 Å². The van der Waals surface area contributed by atoms with E-state index in [0.717, 1.165) is 0 Å². The van der Waals surface area contributed by atoms with Crippen LogP contribution in [0.4, 0.5) is 0 Å². The number of aryl methyl sites for hydroxylation is 1. The first-order valence-electron chi connectivity index (χ1n) is 4.13. The van der Waals surface area contributed by atoms with Crippen molar-refractivity contribution < 1.29 is 5.11 Å². The Morgan fingerprint density at radius 3 is 2.75 bits per heavy atom. The van der Waals surface area contributed by atoms with Crippen LogP contribution >= 0.6 is 11.3 Å². The zero-order chi connectivity index (χ0) is 8.77. The molecule has 0 aromatic carbocycles. The number of aliphatic hydroxyl groups is 1. The monoisotopic (exact) mass is 183 g/mol. The highest BCUT2D eigenvalue weighted by molar-refractivity contribution is 7.10. The van der Waals surface area contributed by atoms with Crippen molar-refractivity contribution in [3.63, 3.8) is 0 Å². The maximum absolute atomic E-state index is 9.18. The Morgan fingerprint density at radius 1 is 1.67 bits per heavy atom. The molecule has 0 amide bonds. The first-order valence-corrected chi connectivity index (χ1v) is 5.01. The lowest BCUT2D eigenvalue weighted by Crippen LogP contribution is -2.51. The Balaban J connectivity index is 2.20. The summed E-state index contributed by atoms with van der Waals surface area (Å²) in [5.74, 6) is 0. The zero-order valence-corrected chi connectivity index (χ0v) is 7.90. The fraction of sp³-hybridized carbons (Fsp3) is 0.556. The summed E-state index contributed by atoms with van der Waals surface area (Å²) in [6.07, 6.45) is 1.25. The van der Waals surface area contributed by atoms with Crippen molar-refractivity contribution in [1.29, 1.82) is 0 Å². The second-order valence-corrected chi connectivity index (χ2v) is 4.62. The lowest BCUT2D eigenvalue weighted by molar-refractivity contribution is 0.0227. The molecule has 3 N–H and O–H groups in total. The van der Waals surface area contributed by atoms with Crippen molar-refractivity contribution in [2.24, 2.45) is 5.73 Å². The molecule has 2 nitrogen and oxygen atoms in total. The molecule has 1 aliphatic rings. The first kappa shape index (κ1) is 8.23. The van der Waals surface area contributed by atoms with E-state index in [0.29, 0.717) is 12.8 Å². The lowest BCUT2D eigenvalue weighted by atomic mass is 9.74. The van der Waals surface area contributed by atoms with E-state index < -0.39 is 0 Å². The van der Waals surface area contributed by atoms with Crippen LogP contribution in [0.15, 0.2) is 11.4 Å². The summed E-state index contributed by atoms with van der Waals surface area (Å²) in [4.78, 5) is 1.21. The van der Waals surface area contributed by atoms with Gasteiger partial charge in [-0.25, -0.2) is 0 Å². The molecule has 0 bridgehead atoms. The molecule has 12 heavy (non-hydrogen) atoms. The van der Waals surface area contributed by atoms with Crippen molar-refractivity contribution in [3.05, 3.63) is 21.9 Å². The van der Waals surface area contributed by atoms with Gasteiger partial charge in [0.2, 0.25) is 0 Å². The zero-order valence-electron chi connectivity index (χ0n) is 7.08. The van der Waals surface area contributed by atoms with Crippen LogP contribution in [-0.2, 0) is 5.54 Å². The summed E-state index contributed by atoms with van der Waals surface area (Å²) >= 11 is 1.70. The average Bonchev–Trinajstić information content (AvgIpc) is 2.33. The molecule has 0 unspecified atom stereocenters. The number of thiophene rings is 1. The molecule has 66 valence electrons. The Kier molecular flexibility index (Phi) is 1.75. The molecule has 3 heteroatoms. The van der Waals surface area contributed by atoms with E-state index in [1.807, 2.05) is 0 Å². The fourth-order valence-electron chi connectivity index (χ4n) is 1.67. The van der Waals surface area contributed by atoms with Crippen LogP contribution in [0.1, 0.15) is 23.3 Å². The first-order chi connectivity index (χ1) is 5.60. The average molecular weight is 183 g/mol. The summed E-state index contributed by atoms with van der Waals surface area (Å²) < 4.78 is 0. The topological polar surface area (TPSA) is 46.2 Å². The Labute approximate surface area is 76.0 Å². The van der Waals surface area contributed by atoms with Crippen LogP contribution in [0.3, 0.4) is 0 Å². The molecule has 1 fully saturated rings. The highest BCUT2D eigenvalue weighted by Crippen LogP contribution is 2.41. The Hall–Kier alpha value is -0.380. The van der Waals surface area contributed by atoms with Gasteiger partial charge in [-0.1, -0.05) is 0 Å². The summed E-state index contributed by atoms with van der Waals surface area (Å²) in [6.45, 7) is 2.07. The summed E-state index contributed by atoms with van der Waals surface area (Å²) in [6, 6.07) is 2.12. The molecule has 0 radical (unpaired) electrons. The minimum absolute atomic E-state index is 0.183. The highest BCUT2D eigenvalue weighted by Gasteiger charge is 2.42. The summed E-state index contributed by atoms with van der Waals surface area (Å²) in [7, 11) is 0. The molecular formula is C9H13NOS. The minimum atomic E-state index is -0.224. The van der Waals surface area contributed by atoms with Gasteiger partial charge in [-0.05, 0) is 36.8 Å². The molecule has 0 aliphatic heterocycles. The van der Waals surface area contributed by atoms with Crippen LogP contribution < -0.4 is 5.73 Å². The van der Waals surface area contributed by atoms with E-state index in [1.165, 1.54) is 10.4 Å². The molecule has 1 heterocycles. The van der Waals surface area contributed by atoms with Crippen molar-refractivity contribution in [3.8, 4) is 0 Å². The lowest BCUT2D eigenvalue weighted by Gasteiger charge is -2.41. The smallest absolute Gasteiger partial charge is 0.0582 e. The normalized spacial score (nSPS) is 34.8. The third-order valence-electron chi connectivity index (χ3n) is 2.42. The van der Waals surface area contributed by atoms with Crippen LogP contribution in [0, 0.1) is 6.92 Å². The van der Waals surface area contributed by atoms with Crippen LogP contribution in [0.5, 0.6) is 0 Å². The number of hydrogen-bond donors (Lipinski definition) is 2. The molecule has 2 rings (SSSR count). The molecule has 1 saturated carbocycles. The second-order valence-electron chi connectivity index (χ2n) is 3.71.